The summed E-state index contributed by atoms with van der Waals surface area (Å²) in [5, 5.41) is 7.79. The zero-order valence-corrected chi connectivity index (χ0v) is 10.7. The lowest BCUT2D eigenvalue weighted by atomic mass is 10.1. The molecule has 0 aliphatic rings. The standard InChI is InChI=1S/C13H19N3O2/c1-3-14-13(18)16-12(17)9-15-10(2)11-7-5-4-6-8-11/h4-8,10,15H,3,9H2,1-2H3,(H2,14,16,17,18)/t10-/m1/s1. The number of carbonyl (C=O) groups excluding carboxylic acids is 2. The molecule has 0 saturated carbocycles. The molecule has 5 nitrogen and oxygen atoms in total. The molecule has 3 N–H and O–H groups in total. The second kappa shape index (κ2) is 7.45. The average molecular weight is 249 g/mol. The molecule has 3 amide bonds. The van der Waals surface area contributed by atoms with E-state index in [0.29, 0.717) is 6.54 Å². The minimum absolute atomic E-state index is 0.0613. The second-order valence-corrected chi connectivity index (χ2v) is 3.92. The van der Waals surface area contributed by atoms with Crippen LogP contribution in [0.5, 0.6) is 0 Å². The summed E-state index contributed by atoms with van der Waals surface area (Å²) in [5.74, 6) is -0.344. The van der Waals surface area contributed by atoms with Crippen molar-refractivity contribution >= 4 is 11.9 Å². The van der Waals surface area contributed by atoms with Crippen LogP contribution in [-0.4, -0.2) is 25.0 Å². The van der Waals surface area contributed by atoms with Crippen molar-refractivity contribution in [1.29, 1.82) is 0 Å². The lowest BCUT2D eigenvalue weighted by Gasteiger charge is -2.13. The fraction of sp³-hybridized carbons (Fsp3) is 0.385. The van der Waals surface area contributed by atoms with Crippen molar-refractivity contribution in [2.75, 3.05) is 13.1 Å². The van der Waals surface area contributed by atoms with E-state index >= 15 is 0 Å². The quantitative estimate of drug-likeness (QED) is 0.734. The summed E-state index contributed by atoms with van der Waals surface area (Å²) in [6.45, 7) is 4.36. The molecule has 1 rings (SSSR count). The highest BCUT2D eigenvalue weighted by Crippen LogP contribution is 2.10. The molecule has 0 heterocycles. The number of amides is 3. The van der Waals surface area contributed by atoms with Crippen molar-refractivity contribution in [2.45, 2.75) is 19.9 Å². The summed E-state index contributed by atoms with van der Waals surface area (Å²) in [7, 11) is 0. The largest absolute Gasteiger partial charge is 0.338 e. The minimum Gasteiger partial charge on any atom is -0.338 e. The van der Waals surface area contributed by atoms with Gasteiger partial charge in [-0.1, -0.05) is 30.3 Å². The third-order valence-electron chi connectivity index (χ3n) is 2.46. The fourth-order valence-electron chi connectivity index (χ4n) is 1.48. The molecule has 0 bridgehead atoms. The first kappa shape index (κ1) is 14.2. The molecular formula is C13H19N3O2. The highest BCUT2D eigenvalue weighted by molar-refractivity contribution is 5.95. The highest BCUT2D eigenvalue weighted by Gasteiger charge is 2.09. The molecule has 0 radical (unpaired) electrons. The van der Waals surface area contributed by atoms with Gasteiger partial charge in [-0.05, 0) is 19.4 Å². The lowest BCUT2D eigenvalue weighted by molar-refractivity contribution is -0.119. The van der Waals surface area contributed by atoms with Crippen LogP contribution >= 0.6 is 0 Å². The number of rotatable bonds is 5. The number of benzene rings is 1. The first-order chi connectivity index (χ1) is 8.63. The third kappa shape index (κ3) is 4.97. The van der Waals surface area contributed by atoms with Gasteiger partial charge < -0.3 is 10.6 Å². The summed E-state index contributed by atoms with van der Waals surface area (Å²) in [6.07, 6.45) is 0. The summed E-state index contributed by atoms with van der Waals surface area (Å²) in [4.78, 5) is 22.5. The number of nitrogens with one attached hydrogen (secondary N) is 3. The minimum atomic E-state index is -0.461. The van der Waals surface area contributed by atoms with Gasteiger partial charge in [0.25, 0.3) is 0 Å². The van der Waals surface area contributed by atoms with Gasteiger partial charge in [0.1, 0.15) is 0 Å². The molecule has 0 fully saturated rings. The third-order valence-corrected chi connectivity index (χ3v) is 2.46. The summed E-state index contributed by atoms with van der Waals surface area (Å²) in [5.41, 5.74) is 1.10. The monoisotopic (exact) mass is 249 g/mol. The van der Waals surface area contributed by atoms with Crippen molar-refractivity contribution in [1.82, 2.24) is 16.0 Å². The first-order valence-electron chi connectivity index (χ1n) is 5.99. The van der Waals surface area contributed by atoms with E-state index in [1.165, 1.54) is 0 Å². The summed E-state index contributed by atoms with van der Waals surface area (Å²) in [6, 6.07) is 9.41. The highest BCUT2D eigenvalue weighted by atomic mass is 16.2. The molecule has 5 heteroatoms. The van der Waals surface area contributed by atoms with Crippen molar-refractivity contribution < 1.29 is 9.59 Å². The zero-order chi connectivity index (χ0) is 13.4. The molecule has 0 spiro atoms. The van der Waals surface area contributed by atoms with E-state index in [2.05, 4.69) is 16.0 Å². The maximum Gasteiger partial charge on any atom is 0.321 e. The predicted octanol–water partition coefficient (Wildman–Crippen LogP) is 1.18. The van der Waals surface area contributed by atoms with E-state index in [9.17, 15) is 9.59 Å². The fourth-order valence-corrected chi connectivity index (χ4v) is 1.48. The smallest absolute Gasteiger partial charge is 0.321 e. The van der Waals surface area contributed by atoms with Gasteiger partial charge in [-0.2, -0.15) is 0 Å². The van der Waals surface area contributed by atoms with Gasteiger partial charge >= 0.3 is 6.03 Å². The van der Waals surface area contributed by atoms with Crippen LogP contribution in [0.4, 0.5) is 4.79 Å². The normalized spacial score (nSPS) is 11.7. The van der Waals surface area contributed by atoms with Gasteiger partial charge in [-0.25, -0.2) is 4.79 Å². The van der Waals surface area contributed by atoms with E-state index in [1.807, 2.05) is 37.3 Å². The van der Waals surface area contributed by atoms with Crippen LogP contribution in [0.15, 0.2) is 30.3 Å². The molecule has 0 aliphatic heterocycles. The Morgan fingerprint density at radius 2 is 1.89 bits per heavy atom. The predicted molar refractivity (Wildman–Crippen MR) is 70.1 cm³/mol. The number of carbonyl (C=O) groups is 2. The van der Waals surface area contributed by atoms with E-state index in [4.69, 9.17) is 0 Å². The Balaban J connectivity index is 2.32. The Morgan fingerprint density at radius 1 is 1.22 bits per heavy atom. The van der Waals surface area contributed by atoms with E-state index < -0.39 is 6.03 Å². The molecule has 18 heavy (non-hydrogen) atoms. The number of hydrogen-bond donors (Lipinski definition) is 3. The van der Waals surface area contributed by atoms with Crippen LogP contribution < -0.4 is 16.0 Å². The topological polar surface area (TPSA) is 70.2 Å². The Kier molecular flexibility index (Phi) is 5.87. The van der Waals surface area contributed by atoms with Crippen LogP contribution in [0.3, 0.4) is 0 Å². The van der Waals surface area contributed by atoms with Crippen LogP contribution in [0.25, 0.3) is 0 Å². The Labute approximate surface area is 107 Å². The van der Waals surface area contributed by atoms with Gasteiger partial charge in [-0.3, -0.25) is 10.1 Å². The van der Waals surface area contributed by atoms with Gasteiger partial charge in [0.15, 0.2) is 0 Å². The second-order valence-electron chi connectivity index (χ2n) is 3.92. The first-order valence-corrected chi connectivity index (χ1v) is 5.99. The molecule has 0 aliphatic carbocycles. The van der Waals surface area contributed by atoms with Gasteiger partial charge in [0.05, 0.1) is 6.54 Å². The van der Waals surface area contributed by atoms with Crippen molar-refractivity contribution in [3.8, 4) is 0 Å². The Hall–Kier alpha value is -1.88. The lowest BCUT2D eigenvalue weighted by Crippen LogP contribution is -2.43. The molecule has 1 aromatic rings. The Bertz CT molecular complexity index is 392. The molecular weight excluding hydrogens is 230 g/mol. The van der Waals surface area contributed by atoms with Gasteiger partial charge in [-0.15, -0.1) is 0 Å². The molecule has 1 atom stereocenters. The van der Waals surface area contributed by atoms with Gasteiger partial charge in [0.2, 0.25) is 5.91 Å². The van der Waals surface area contributed by atoms with Crippen molar-refractivity contribution in [3.63, 3.8) is 0 Å². The summed E-state index contributed by atoms with van der Waals surface area (Å²) < 4.78 is 0. The molecule has 0 aromatic heterocycles. The van der Waals surface area contributed by atoms with Crippen LogP contribution in [0, 0.1) is 0 Å². The van der Waals surface area contributed by atoms with Crippen LogP contribution in [-0.2, 0) is 4.79 Å². The maximum atomic E-state index is 11.4. The molecule has 0 unspecified atom stereocenters. The number of urea groups is 1. The van der Waals surface area contributed by atoms with E-state index in [0.717, 1.165) is 5.56 Å². The average Bonchev–Trinajstić information content (AvgIpc) is 2.37. The number of hydrogen-bond acceptors (Lipinski definition) is 3. The summed E-state index contributed by atoms with van der Waals surface area (Å²) >= 11 is 0. The maximum absolute atomic E-state index is 11.4. The molecule has 0 saturated heterocycles. The van der Waals surface area contributed by atoms with Crippen LogP contribution in [0.1, 0.15) is 25.5 Å². The van der Waals surface area contributed by atoms with Crippen LogP contribution in [0.2, 0.25) is 0 Å². The number of imide groups is 1. The Morgan fingerprint density at radius 3 is 2.50 bits per heavy atom. The van der Waals surface area contributed by atoms with Crippen molar-refractivity contribution in [3.05, 3.63) is 35.9 Å². The molecule has 1 aromatic carbocycles. The zero-order valence-electron chi connectivity index (χ0n) is 10.7. The molecule has 98 valence electrons. The van der Waals surface area contributed by atoms with Gasteiger partial charge in [0, 0.05) is 12.6 Å². The SMILES string of the molecule is CCNC(=O)NC(=O)CN[C@H](C)c1ccccc1. The van der Waals surface area contributed by atoms with E-state index in [-0.39, 0.29) is 18.5 Å². The van der Waals surface area contributed by atoms with E-state index in [1.54, 1.807) is 6.92 Å². The van der Waals surface area contributed by atoms with Crippen molar-refractivity contribution in [2.24, 2.45) is 0 Å².